The molecule has 7 nitrogen and oxygen atoms in total. The third-order valence-corrected chi connectivity index (χ3v) is 3.32. The Labute approximate surface area is 104 Å². The molecule has 1 aromatic carbocycles. The minimum atomic E-state index is -3.85. The van der Waals surface area contributed by atoms with E-state index in [0.29, 0.717) is 5.69 Å². The van der Waals surface area contributed by atoms with E-state index in [2.05, 4.69) is 10.1 Å². The monoisotopic (exact) mass is 272 g/mol. The van der Waals surface area contributed by atoms with E-state index in [0.717, 1.165) is 6.92 Å². The minimum Gasteiger partial charge on any atom is -0.453 e. The summed E-state index contributed by atoms with van der Waals surface area (Å²) in [6, 6.07) is 5.28. The number of anilines is 1. The van der Waals surface area contributed by atoms with Crippen LogP contribution in [0, 0.1) is 0 Å². The van der Waals surface area contributed by atoms with Crippen molar-refractivity contribution < 1.29 is 22.7 Å². The smallest absolute Gasteiger partial charge is 0.411 e. The van der Waals surface area contributed by atoms with Crippen LogP contribution in [-0.4, -0.2) is 27.5 Å². The van der Waals surface area contributed by atoms with E-state index in [-0.39, 0.29) is 4.90 Å². The van der Waals surface area contributed by atoms with Gasteiger partial charge in [-0.25, -0.2) is 17.9 Å². The number of nitrogens with one attached hydrogen (secondary N) is 2. The fraction of sp³-hybridized carbons (Fsp3) is 0.200. The predicted molar refractivity (Wildman–Crippen MR) is 63.5 cm³/mol. The number of benzene rings is 1. The fourth-order valence-corrected chi connectivity index (χ4v) is 2.13. The van der Waals surface area contributed by atoms with E-state index in [4.69, 9.17) is 0 Å². The highest BCUT2D eigenvalue weighted by molar-refractivity contribution is 7.90. The van der Waals surface area contributed by atoms with Crippen LogP contribution in [0.5, 0.6) is 0 Å². The number of carbonyl (C=O) groups is 2. The lowest BCUT2D eigenvalue weighted by Gasteiger charge is -2.06. The van der Waals surface area contributed by atoms with Crippen molar-refractivity contribution in [1.82, 2.24) is 4.72 Å². The maximum atomic E-state index is 11.6. The molecule has 0 aliphatic carbocycles. The van der Waals surface area contributed by atoms with E-state index in [1.165, 1.54) is 31.4 Å². The summed E-state index contributed by atoms with van der Waals surface area (Å²) in [7, 11) is -2.64. The van der Waals surface area contributed by atoms with Gasteiger partial charge in [0.05, 0.1) is 12.0 Å². The molecular formula is C10H12N2O5S. The molecule has 0 aliphatic rings. The fourth-order valence-electron chi connectivity index (χ4n) is 1.13. The largest absolute Gasteiger partial charge is 0.453 e. The van der Waals surface area contributed by atoms with Gasteiger partial charge in [0, 0.05) is 12.6 Å². The summed E-state index contributed by atoms with van der Waals surface area (Å²) in [5.74, 6) is -0.674. The molecule has 0 fully saturated rings. The molecule has 1 rings (SSSR count). The summed E-state index contributed by atoms with van der Waals surface area (Å²) in [6.45, 7) is 1.10. The maximum absolute atomic E-state index is 11.6. The van der Waals surface area contributed by atoms with Gasteiger partial charge < -0.3 is 4.74 Å². The van der Waals surface area contributed by atoms with Crippen LogP contribution in [-0.2, 0) is 19.6 Å². The van der Waals surface area contributed by atoms with Gasteiger partial charge in [-0.1, -0.05) is 0 Å². The van der Waals surface area contributed by atoms with Crippen LogP contribution < -0.4 is 10.0 Å². The molecule has 1 aromatic rings. The van der Waals surface area contributed by atoms with Crippen LogP contribution in [0.1, 0.15) is 6.92 Å². The second-order valence-corrected chi connectivity index (χ2v) is 4.99. The first-order valence-electron chi connectivity index (χ1n) is 4.83. The Kier molecular flexibility index (Phi) is 4.27. The zero-order valence-electron chi connectivity index (χ0n) is 9.76. The highest BCUT2D eigenvalue weighted by atomic mass is 32.2. The Hall–Kier alpha value is -2.09. The summed E-state index contributed by atoms with van der Waals surface area (Å²) in [6.07, 6.45) is -0.660. The SMILES string of the molecule is COC(=O)Nc1ccc(S(=O)(=O)NC(C)=O)cc1. The third-order valence-electron chi connectivity index (χ3n) is 1.87. The van der Waals surface area contributed by atoms with Crippen LogP contribution >= 0.6 is 0 Å². The molecule has 0 atom stereocenters. The Balaban J connectivity index is 2.89. The van der Waals surface area contributed by atoms with Crippen molar-refractivity contribution in [2.45, 2.75) is 11.8 Å². The van der Waals surface area contributed by atoms with E-state index in [9.17, 15) is 18.0 Å². The van der Waals surface area contributed by atoms with Crippen LogP contribution in [0.2, 0.25) is 0 Å². The van der Waals surface area contributed by atoms with Gasteiger partial charge in [-0.2, -0.15) is 0 Å². The normalized spacial score (nSPS) is 10.6. The molecule has 0 spiro atoms. The predicted octanol–water partition coefficient (Wildman–Crippen LogP) is 0.690. The Morgan fingerprint density at radius 3 is 2.17 bits per heavy atom. The van der Waals surface area contributed by atoms with Crippen LogP contribution in [0.25, 0.3) is 0 Å². The second kappa shape index (κ2) is 5.50. The number of carbonyl (C=O) groups excluding carboxylic acids is 2. The molecule has 0 aromatic heterocycles. The van der Waals surface area contributed by atoms with Gasteiger partial charge in [-0.15, -0.1) is 0 Å². The van der Waals surface area contributed by atoms with Crippen molar-refractivity contribution in [3.63, 3.8) is 0 Å². The standard InChI is InChI=1S/C10H12N2O5S/c1-7(13)12-18(15,16)9-5-3-8(4-6-9)11-10(14)17-2/h3-6H,1-2H3,(H,11,14)(H,12,13). The lowest BCUT2D eigenvalue weighted by molar-refractivity contribution is -0.117. The van der Waals surface area contributed by atoms with Crippen LogP contribution in [0.4, 0.5) is 10.5 Å². The van der Waals surface area contributed by atoms with Gasteiger partial charge in [0.15, 0.2) is 0 Å². The number of hydrogen-bond donors (Lipinski definition) is 2. The average molecular weight is 272 g/mol. The molecule has 2 N–H and O–H groups in total. The molecule has 0 unspecified atom stereocenters. The molecule has 0 bridgehead atoms. The second-order valence-electron chi connectivity index (χ2n) is 3.30. The van der Waals surface area contributed by atoms with Gasteiger partial charge >= 0.3 is 6.09 Å². The van der Waals surface area contributed by atoms with Gasteiger partial charge in [0.25, 0.3) is 10.0 Å². The van der Waals surface area contributed by atoms with E-state index in [1.54, 1.807) is 0 Å². The summed E-state index contributed by atoms with van der Waals surface area (Å²) in [4.78, 5) is 21.5. The van der Waals surface area contributed by atoms with Gasteiger partial charge in [0.1, 0.15) is 0 Å². The van der Waals surface area contributed by atoms with Gasteiger partial charge in [-0.3, -0.25) is 10.1 Å². The molecule has 0 saturated heterocycles. The number of sulfonamides is 1. The summed E-state index contributed by atoms with van der Waals surface area (Å²) < 4.78 is 29.4. The average Bonchev–Trinajstić information content (AvgIpc) is 2.28. The molecule has 0 radical (unpaired) electrons. The summed E-state index contributed by atoms with van der Waals surface area (Å²) >= 11 is 0. The maximum Gasteiger partial charge on any atom is 0.411 e. The van der Waals surface area contributed by atoms with E-state index < -0.39 is 22.0 Å². The molecule has 0 saturated carbocycles. The molecule has 18 heavy (non-hydrogen) atoms. The van der Waals surface area contributed by atoms with E-state index >= 15 is 0 Å². The Morgan fingerprint density at radius 2 is 1.72 bits per heavy atom. The molecular weight excluding hydrogens is 260 g/mol. The lowest BCUT2D eigenvalue weighted by Crippen LogP contribution is -2.28. The highest BCUT2D eigenvalue weighted by Crippen LogP contribution is 2.14. The molecule has 0 aliphatic heterocycles. The summed E-state index contributed by atoms with van der Waals surface area (Å²) in [5.41, 5.74) is 0.378. The highest BCUT2D eigenvalue weighted by Gasteiger charge is 2.15. The van der Waals surface area contributed by atoms with Crippen molar-refractivity contribution in [2.75, 3.05) is 12.4 Å². The first-order valence-corrected chi connectivity index (χ1v) is 6.32. The number of amides is 2. The number of ether oxygens (including phenoxy) is 1. The van der Waals surface area contributed by atoms with Crippen molar-refractivity contribution in [3.05, 3.63) is 24.3 Å². The molecule has 0 heterocycles. The van der Waals surface area contributed by atoms with Crippen LogP contribution in [0.3, 0.4) is 0 Å². The van der Waals surface area contributed by atoms with Crippen molar-refractivity contribution in [1.29, 1.82) is 0 Å². The zero-order chi connectivity index (χ0) is 13.8. The third kappa shape index (κ3) is 3.74. The summed E-state index contributed by atoms with van der Waals surface area (Å²) in [5, 5.41) is 2.37. The number of rotatable bonds is 3. The van der Waals surface area contributed by atoms with E-state index in [1.807, 2.05) is 4.72 Å². The van der Waals surface area contributed by atoms with Crippen LogP contribution in [0.15, 0.2) is 29.2 Å². The van der Waals surface area contributed by atoms with Gasteiger partial charge in [-0.05, 0) is 24.3 Å². The lowest BCUT2D eigenvalue weighted by atomic mass is 10.3. The quantitative estimate of drug-likeness (QED) is 0.843. The number of methoxy groups -OCH3 is 1. The topological polar surface area (TPSA) is 102 Å². The van der Waals surface area contributed by atoms with Crippen molar-refractivity contribution >= 4 is 27.7 Å². The van der Waals surface area contributed by atoms with Crippen molar-refractivity contribution in [2.24, 2.45) is 0 Å². The Bertz CT molecular complexity index is 550. The molecule has 2 amide bonds. The number of hydrogen-bond acceptors (Lipinski definition) is 5. The minimum absolute atomic E-state index is 0.0758. The first-order chi connectivity index (χ1) is 8.35. The molecule has 98 valence electrons. The first kappa shape index (κ1) is 14.0. The van der Waals surface area contributed by atoms with Gasteiger partial charge in [0.2, 0.25) is 5.91 Å². The van der Waals surface area contributed by atoms with Crippen molar-refractivity contribution in [3.8, 4) is 0 Å². The Morgan fingerprint density at radius 1 is 1.17 bits per heavy atom. The molecule has 8 heteroatoms. The zero-order valence-corrected chi connectivity index (χ0v) is 10.6.